The number of amides is 2. The van der Waals surface area contributed by atoms with Crippen molar-refractivity contribution in [2.24, 2.45) is 0 Å². The maximum atomic E-state index is 12.6. The van der Waals surface area contributed by atoms with Crippen LogP contribution in [0.15, 0.2) is 36.7 Å². The van der Waals surface area contributed by atoms with Crippen LogP contribution in [-0.2, 0) is 17.8 Å². The molecule has 1 fully saturated rings. The first-order chi connectivity index (χ1) is 13.1. The van der Waals surface area contributed by atoms with Crippen LogP contribution < -0.4 is 10.6 Å². The van der Waals surface area contributed by atoms with Crippen molar-refractivity contribution in [3.63, 3.8) is 0 Å². The first-order valence-electron chi connectivity index (χ1n) is 9.51. The summed E-state index contributed by atoms with van der Waals surface area (Å²) in [7, 11) is 0. The highest BCUT2D eigenvalue weighted by atomic mass is 16.2. The van der Waals surface area contributed by atoms with Crippen LogP contribution >= 0.6 is 0 Å². The molecule has 7 nitrogen and oxygen atoms in total. The van der Waals surface area contributed by atoms with Gasteiger partial charge in [0.05, 0.1) is 6.04 Å². The molecular weight excluding hydrogens is 342 g/mol. The second-order valence-corrected chi connectivity index (χ2v) is 6.81. The lowest BCUT2D eigenvalue weighted by atomic mass is 10.0. The third kappa shape index (κ3) is 4.54. The van der Waals surface area contributed by atoms with Gasteiger partial charge in [0.25, 0.3) is 5.91 Å². The molecule has 2 heterocycles. The molecule has 0 aliphatic carbocycles. The highest BCUT2D eigenvalue weighted by Crippen LogP contribution is 2.23. The topological polar surface area (TPSA) is 90.1 Å². The minimum atomic E-state index is -0.253. The maximum Gasteiger partial charge on any atom is 0.287 e. The van der Waals surface area contributed by atoms with Gasteiger partial charge < -0.3 is 15.6 Å². The molecule has 1 aliphatic rings. The fraction of sp³-hybridized carbons (Fsp3) is 0.450. The number of hydrogen-bond donors (Lipinski definition) is 3. The molecule has 0 radical (unpaired) electrons. The summed E-state index contributed by atoms with van der Waals surface area (Å²) in [6, 6.07) is 7.97. The number of nitrogens with zero attached hydrogens (tertiary/aromatic N) is 2. The van der Waals surface area contributed by atoms with E-state index in [1.165, 1.54) is 11.1 Å². The Bertz CT molecular complexity index is 774. The molecule has 144 valence electrons. The predicted octanol–water partition coefficient (Wildman–Crippen LogP) is 1.48. The molecule has 0 unspecified atom stereocenters. The summed E-state index contributed by atoms with van der Waals surface area (Å²) >= 11 is 0. The lowest BCUT2D eigenvalue weighted by Crippen LogP contribution is -2.42. The van der Waals surface area contributed by atoms with Crippen molar-refractivity contribution in [2.75, 3.05) is 13.1 Å². The van der Waals surface area contributed by atoms with Crippen molar-refractivity contribution in [1.29, 1.82) is 0 Å². The van der Waals surface area contributed by atoms with Gasteiger partial charge in [-0.1, -0.05) is 31.2 Å². The molecular formula is C20H27N5O2. The number of benzene rings is 1. The second kappa shape index (κ2) is 8.81. The minimum Gasteiger partial charge on any atom is -0.355 e. The van der Waals surface area contributed by atoms with Crippen LogP contribution in [0.5, 0.6) is 0 Å². The highest BCUT2D eigenvalue weighted by molar-refractivity contribution is 5.90. The molecule has 3 N–H and O–H groups in total. The van der Waals surface area contributed by atoms with Gasteiger partial charge in [-0.3, -0.25) is 14.5 Å². The molecule has 1 aromatic carbocycles. The fourth-order valence-corrected chi connectivity index (χ4v) is 3.67. The zero-order chi connectivity index (χ0) is 19.2. The van der Waals surface area contributed by atoms with E-state index in [0.717, 1.165) is 6.42 Å². The Morgan fingerprint density at radius 2 is 2.04 bits per heavy atom. The average Bonchev–Trinajstić information content (AvgIpc) is 3.32. The molecule has 0 bridgehead atoms. The van der Waals surface area contributed by atoms with Gasteiger partial charge in [0.2, 0.25) is 5.91 Å². The van der Waals surface area contributed by atoms with Crippen LogP contribution in [0.25, 0.3) is 0 Å². The summed E-state index contributed by atoms with van der Waals surface area (Å²) in [5.74, 6) is 0.0658. The van der Waals surface area contributed by atoms with Crippen molar-refractivity contribution in [3.8, 4) is 0 Å². The summed E-state index contributed by atoms with van der Waals surface area (Å²) in [6.45, 7) is 5.97. The van der Waals surface area contributed by atoms with E-state index in [9.17, 15) is 9.59 Å². The lowest BCUT2D eigenvalue weighted by Gasteiger charge is -2.24. The largest absolute Gasteiger partial charge is 0.355 e. The third-order valence-corrected chi connectivity index (χ3v) is 4.98. The van der Waals surface area contributed by atoms with E-state index >= 15 is 0 Å². The summed E-state index contributed by atoms with van der Waals surface area (Å²) in [5.41, 5.74) is 2.52. The van der Waals surface area contributed by atoms with E-state index in [2.05, 4.69) is 44.6 Å². The van der Waals surface area contributed by atoms with E-state index in [0.29, 0.717) is 31.9 Å². The van der Waals surface area contributed by atoms with Gasteiger partial charge in [0.15, 0.2) is 5.82 Å². The molecule has 3 rings (SSSR count). The van der Waals surface area contributed by atoms with E-state index in [-0.39, 0.29) is 23.9 Å². The summed E-state index contributed by atoms with van der Waals surface area (Å²) in [5, 5.41) is 5.92. The number of rotatable bonds is 7. The molecule has 2 aromatic rings. The minimum absolute atomic E-state index is 0.0150. The molecule has 1 aromatic heterocycles. The number of likely N-dealkylation sites (tertiary alicyclic amines) is 1. The number of nitrogens with one attached hydrogen (secondary N) is 3. The molecule has 1 saturated heterocycles. The number of imidazole rings is 1. The van der Waals surface area contributed by atoms with Gasteiger partial charge in [0, 0.05) is 38.1 Å². The quantitative estimate of drug-likeness (QED) is 0.690. The Morgan fingerprint density at radius 1 is 1.26 bits per heavy atom. The van der Waals surface area contributed by atoms with E-state index in [4.69, 9.17) is 0 Å². The van der Waals surface area contributed by atoms with E-state index in [1.807, 2.05) is 19.1 Å². The van der Waals surface area contributed by atoms with E-state index in [1.54, 1.807) is 12.4 Å². The number of carbonyl (C=O) groups is 2. The van der Waals surface area contributed by atoms with Gasteiger partial charge in [0.1, 0.15) is 0 Å². The van der Waals surface area contributed by atoms with Crippen molar-refractivity contribution >= 4 is 11.8 Å². The Kier molecular flexibility index (Phi) is 6.24. The third-order valence-electron chi connectivity index (χ3n) is 4.98. The molecule has 27 heavy (non-hydrogen) atoms. The zero-order valence-corrected chi connectivity index (χ0v) is 15.9. The van der Waals surface area contributed by atoms with Crippen molar-refractivity contribution in [3.05, 3.63) is 53.6 Å². The Labute approximate surface area is 159 Å². The monoisotopic (exact) mass is 369 g/mol. The summed E-state index contributed by atoms with van der Waals surface area (Å²) in [4.78, 5) is 33.8. The molecule has 0 spiro atoms. The summed E-state index contributed by atoms with van der Waals surface area (Å²) < 4.78 is 0. The summed E-state index contributed by atoms with van der Waals surface area (Å²) in [6.07, 6.45) is 4.71. The maximum absolute atomic E-state index is 12.6. The van der Waals surface area contributed by atoms with E-state index < -0.39 is 0 Å². The zero-order valence-electron chi connectivity index (χ0n) is 15.9. The highest BCUT2D eigenvalue weighted by Gasteiger charge is 2.37. The van der Waals surface area contributed by atoms with Crippen LogP contribution in [0.1, 0.15) is 42.0 Å². The van der Waals surface area contributed by atoms with Crippen LogP contribution in [0.4, 0.5) is 0 Å². The van der Waals surface area contributed by atoms with Crippen molar-refractivity contribution in [1.82, 2.24) is 25.5 Å². The first kappa shape index (κ1) is 19.1. The van der Waals surface area contributed by atoms with Gasteiger partial charge in [-0.15, -0.1) is 0 Å². The van der Waals surface area contributed by atoms with Crippen LogP contribution in [0, 0.1) is 0 Å². The number of likely N-dealkylation sites (N-methyl/N-ethyl adjacent to an activating group) is 1. The SMILES string of the molecule is CCNC(=O)[C@@H]1C[C@H](NC(=O)c2ncc[nH]2)CN1Cc1ccccc1CC. The van der Waals surface area contributed by atoms with Crippen LogP contribution in [-0.4, -0.2) is 51.9 Å². The van der Waals surface area contributed by atoms with Crippen LogP contribution in [0.3, 0.4) is 0 Å². The average molecular weight is 369 g/mol. The molecule has 1 aliphatic heterocycles. The number of aromatic nitrogens is 2. The normalized spacial score (nSPS) is 19.8. The number of H-pyrrole nitrogens is 1. The molecule has 2 amide bonds. The van der Waals surface area contributed by atoms with Crippen molar-refractivity contribution in [2.45, 2.75) is 45.3 Å². The second-order valence-electron chi connectivity index (χ2n) is 6.81. The lowest BCUT2D eigenvalue weighted by molar-refractivity contribution is -0.125. The van der Waals surface area contributed by atoms with Gasteiger partial charge in [-0.05, 0) is 30.9 Å². The van der Waals surface area contributed by atoms with Gasteiger partial charge in [-0.25, -0.2) is 4.98 Å². The molecule has 7 heteroatoms. The number of aryl methyl sites for hydroxylation is 1. The smallest absolute Gasteiger partial charge is 0.287 e. The Hall–Kier alpha value is -2.67. The Morgan fingerprint density at radius 3 is 2.70 bits per heavy atom. The molecule has 2 atom stereocenters. The number of carbonyl (C=O) groups excluding carboxylic acids is 2. The predicted molar refractivity (Wildman–Crippen MR) is 103 cm³/mol. The van der Waals surface area contributed by atoms with Gasteiger partial charge >= 0.3 is 0 Å². The van der Waals surface area contributed by atoms with Crippen LogP contribution in [0.2, 0.25) is 0 Å². The number of hydrogen-bond acceptors (Lipinski definition) is 4. The van der Waals surface area contributed by atoms with Gasteiger partial charge in [-0.2, -0.15) is 0 Å². The molecule has 0 saturated carbocycles. The fourth-order valence-electron chi connectivity index (χ4n) is 3.67. The Balaban J connectivity index is 1.73. The standard InChI is InChI=1S/C20H27N5O2/c1-3-14-7-5-6-8-15(14)12-25-13-16(11-17(25)19(26)21-4-2)24-20(27)18-22-9-10-23-18/h5-10,16-17H,3-4,11-13H2,1-2H3,(H,21,26)(H,22,23)(H,24,27)/t16-,17-/m0/s1. The number of aromatic amines is 1. The first-order valence-corrected chi connectivity index (χ1v) is 9.51. The van der Waals surface area contributed by atoms with Crippen molar-refractivity contribution < 1.29 is 9.59 Å².